The van der Waals surface area contributed by atoms with E-state index >= 15 is 0 Å². The van der Waals surface area contributed by atoms with Crippen LogP contribution in [0.2, 0.25) is 0 Å². The lowest BCUT2D eigenvalue weighted by Crippen LogP contribution is -1.89. The fourth-order valence-electron chi connectivity index (χ4n) is 1.06. The van der Waals surface area contributed by atoms with E-state index in [1.165, 1.54) is 18.5 Å². The maximum absolute atomic E-state index is 9.19. The van der Waals surface area contributed by atoms with E-state index in [9.17, 15) is 5.11 Å². The van der Waals surface area contributed by atoms with Crippen molar-refractivity contribution in [2.75, 3.05) is 0 Å². The summed E-state index contributed by atoms with van der Waals surface area (Å²) < 4.78 is 0. The summed E-state index contributed by atoms with van der Waals surface area (Å²) >= 11 is 1.56. The first-order valence-corrected chi connectivity index (χ1v) is 4.78. The number of rotatable bonds is 2. The normalized spacial score (nSPS) is 20.2. The monoisotopic (exact) mass is 169 g/mol. The predicted octanol–water partition coefficient (Wildman–Crippen LogP) is 2.07. The fourth-order valence-corrected chi connectivity index (χ4v) is 1.90. The Morgan fingerprint density at radius 2 is 2.45 bits per heavy atom. The zero-order valence-electron chi connectivity index (χ0n) is 6.45. The molecule has 1 aromatic heterocycles. The quantitative estimate of drug-likeness (QED) is 0.735. The highest BCUT2D eigenvalue weighted by Gasteiger charge is 2.26. The molecule has 60 valence electrons. The lowest BCUT2D eigenvalue weighted by molar-refractivity contribution is 0.198. The first-order valence-electron chi connectivity index (χ1n) is 3.91. The van der Waals surface area contributed by atoms with Gasteiger partial charge in [0.15, 0.2) is 0 Å². The SMILES string of the molecule is C[C@H](O)c1nc(C2CC2)cs1. The third kappa shape index (κ3) is 1.44. The van der Waals surface area contributed by atoms with Crippen molar-refractivity contribution in [2.45, 2.75) is 31.8 Å². The molecule has 1 aliphatic carbocycles. The van der Waals surface area contributed by atoms with Gasteiger partial charge in [-0.2, -0.15) is 0 Å². The minimum absolute atomic E-state index is 0.396. The van der Waals surface area contributed by atoms with E-state index < -0.39 is 6.10 Å². The van der Waals surface area contributed by atoms with Crippen LogP contribution in [0.15, 0.2) is 5.38 Å². The van der Waals surface area contributed by atoms with E-state index in [0.29, 0.717) is 5.92 Å². The predicted molar refractivity (Wildman–Crippen MR) is 44.7 cm³/mol. The van der Waals surface area contributed by atoms with Gasteiger partial charge in [-0.05, 0) is 19.8 Å². The van der Waals surface area contributed by atoms with Crippen molar-refractivity contribution in [3.63, 3.8) is 0 Å². The van der Waals surface area contributed by atoms with Crippen LogP contribution in [0.4, 0.5) is 0 Å². The molecule has 2 nitrogen and oxygen atoms in total. The Morgan fingerprint density at radius 1 is 1.73 bits per heavy atom. The van der Waals surface area contributed by atoms with E-state index in [0.717, 1.165) is 5.01 Å². The molecule has 0 aromatic carbocycles. The van der Waals surface area contributed by atoms with Crippen molar-refractivity contribution >= 4 is 11.3 Å². The number of hydrogen-bond acceptors (Lipinski definition) is 3. The molecule has 0 bridgehead atoms. The summed E-state index contributed by atoms with van der Waals surface area (Å²) in [4.78, 5) is 4.34. The van der Waals surface area contributed by atoms with Gasteiger partial charge in [-0.1, -0.05) is 0 Å². The molecule has 1 N–H and O–H groups in total. The van der Waals surface area contributed by atoms with Gasteiger partial charge >= 0.3 is 0 Å². The van der Waals surface area contributed by atoms with Crippen LogP contribution in [-0.4, -0.2) is 10.1 Å². The molecule has 2 rings (SSSR count). The Morgan fingerprint density at radius 3 is 2.91 bits per heavy atom. The molecule has 0 spiro atoms. The zero-order valence-corrected chi connectivity index (χ0v) is 7.27. The molecule has 0 radical (unpaired) electrons. The van der Waals surface area contributed by atoms with Crippen molar-refractivity contribution in [1.82, 2.24) is 4.98 Å². The average Bonchev–Trinajstić information content (AvgIpc) is 2.68. The Hall–Kier alpha value is -0.410. The summed E-state index contributed by atoms with van der Waals surface area (Å²) in [5.41, 5.74) is 1.19. The molecule has 0 saturated heterocycles. The summed E-state index contributed by atoms with van der Waals surface area (Å²) in [6.45, 7) is 1.76. The fraction of sp³-hybridized carbons (Fsp3) is 0.625. The summed E-state index contributed by atoms with van der Waals surface area (Å²) in [5.74, 6) is 0.707. The van der Waals surface area contributed by atoms with E-state index in [4.69, 9.17) is 0 Å². The van der Waals surface area contributed by atoms with Crippen molar-refractivity contribution < 1.29 is 5.11 Å². The molecule has 1 aromatic rings. The lowest BCUT2D eigenvalue weighted by Gasteiger charge is -1.95. The first kappa shape index (κ1) is 7.25. The lowest BCUT2D eigenvalue weighted by atomic mass is 10.3. The van der Waals surface area contributed by atoms with E-state index in [1.807, 2.05) is 0 Å². The highest BCUT2D eigenvalue weighted by Crippen LogP contribution is 2.40. The van der Waals surface area contributed by atoms with Gasteiger partial charge in [0.05, 0.1) is 5.69 Å². The van der Waals surface area contributed by atoms with E-state index in [2.05, 4.69) is 10.4 Å². The molecular formula is C8H11NOS. The molecule has 0 aliphatic heterocycles. The topological polar surface area (TPSA) is 33.1 Å². The maximum atomic E-state index is 9.19. The largest absolute Gasteiger partial charge is 0.386 e. The van der Waals surface area contributed by atoms with Crippen LogP contribution < -0.4 is 0 Å². The maximum Gasteiger partial charge on any atom is 0.121 e. The van der Waals surface area contributed by atoms with Crippen LogP contribution in [0.1, 0.15) is 42.5 Å². The Balaban J connectivity index is 2.18. The average molecular weight is 169 g/mol. The molecule has 1 atom stereocenters. The number of thiazole rings is 1. The summed E-state index contributed by atoms with van der Waals surface area (Å²) in [6, 6.07) is 0. The number of hydrogen-bond donors (Lipinski definition) is 1. The Bertz CT molecular complexity index is 236. The van der Waals surface area contributed by atoms with Crippen LogP contribution in [0, 0.1) is 0 Å². The molecule has 0 amide bonds. The summed E-state index contributed by atoms with van der Waals surface area (Å²) in [7, 11) is 0. The van der Waals surface area contributed by atoms with Crippen molar-refractivity contribution in [3.05, 3.63) is 16.1 Å². The van der Waals surface area contributed by atoms with Gasteiger partial charge < -0.3 is 5.11 Å². The second-order valence-corrected chi connectivity index (χ2v) is 3.95. The van der Waals surface area contributed by atoms with Gasteiger partial charge in [0.1, 0.15) is 11.1 Å². The second kappa shape index (κ2) is 2.57. The molecule has 1 heterocycles. The molecule has 11 heavy (non-hydrogen) atoms. The first-order chi connectivity index (χ1) is 5.27. The minimum atomic E-state index is -0.396. The van der Waals surface area contributed by atoms with Crippen LogP contribution in [0.25, 0.3) is 0 Å². The molecule has 3 heteroatoms. The van der Waals surface area contributed by atoms with Gasteiger partial charge in [-0.25, -0.2) is 4.98 Å². The van der Waals surface area contributed by atoms with Gasteiger partial charge in [-0.3, -0.25) is 0 Å². The minimum Gasteiger partial charge on any atom is -0.386 e. The van der Waals surface area contributed by atoms with Crippen molar-refractivity contribution in [1.29, 1.82) is 0 Å². The molecule has 1 saturated carbocycles. The second-order valence-electron chi connectivity index (χ2n) is 3.06. The van der Waals surface area contributed by atoms with Crippen LogP contribution >= 0.6 is 11.3 Å². The van der Waals surface area contributed by atoms with E-state index in [-0.39, 0.29) is 0 Å². The molecule has 0 unspecified atom stereocenters. The Kier molecular flexibility index (Phi) is 1.69. The Labute approximate surface area is 69.9 Å². The molecular weight excluding hydrogens is 158 g/mol. The standard InChI is InChI=1S/C8H11NOS/c1-5(10)8-9-7(4-11-8)6-2-3-6/h4-6,10H,2-3H2,1H3/t5-/m0/s1. The third-order valence-electron chi connectivity index (χ3n) is 1.89. The smallest absolute Gasteiger partial charge is 0.121 e. The third-order valence-corrected chi connectivity index (χ3v) is 2.93. The molecule has 1 fully saturated rings. The van der Waals surface area contributed by atoms with Crippen molar-refractivity contribution in [3.8, 4) is 0 Å². The zero-order chi connectivity index (χ0) is 7.84. The summed E-state index contributed by atoms with van der Waals surface area (Å²) in [6.07, 6.45) is 2.17. The number of nitrogens with zero attached hydrogens (tertiary/aromatic N) is 1. The highest BCUT2D eigenvalue weighted by molar-refractivity contribution is 7.09. The van der Waals surface area contributed by atoms with Crippen LogP contribution in [-0.2, 0) is 0 Å². The summed E-state index contributed by atoms with van der Waals surface area (Å²) in [5, 5.41) is 12.1. The van der Waals surface area contributed by atoms with Gasteiger partial charge in [0.2, 0.25) is 0 Å². The highest BCUT2D eigenvalue weighted by atomic mass is 32.1. The number of aromatic nitrogens is 1. The van der Waals surface area contributed by atoms with Gasteiger partial charge in [-0.15, -0.1) is 11.3 Å². The van der Waals surface area contributed by atoms with Crippen LogP contribution in [0.5, 0.6) is 0 Å². The number of aliphatic hydroxyl groups excluding tert-OH is 1. The van der Waals surface area contributed by atoms with E-state index in [1.54, 1.807) is 18.3 Å². The van der Waals surface area contributed by atoms with Crippen molar-refractivity contribution in [2.24, 2.45) is 0 Å². The van der Waals surface area contributed by atoms with Crippen LogP contribution in [0.3, 0.4) is 0 Å². The van der Waals surface area contributed by atoms with Gasteiger partial charge in [0.25, 0.3) is 0 Å². The van der Waals surface area contributed by atoms with Gasteiger partial charge in [0, 0.05) is 11.3 Å². The number of aliphatic hydroxyl groups is 1. The molecule has 1 aliphatic rings.